The van der Waals surface area contributed by atoms with Crippen molar-refractivity contribution in [2.75, 3.05) is 27.3 Å². The van der Waals surface area contributed by atoms with E-state index in [9.17, 15) is 0 Å². The molecule has 1 aliphatic carbocycles. The zero-order chi connectivity index (χ0) is 14.5. The molecule has 3 nitrogen and oxygen atoms in total. The summed E-state index contributed by atoms with van der Waals surface area (Å²) in [6.07, 6.45) is 4.71. The molecule has 0 bridgehead atoms. The predicted molar refractivity (Wildman–Crippen MR) is 93.2 cm³/mol. The highest BCUT2D eigenvalue weighted by atomic mass is 79.9. The number of methoxy groups -OCH3 is 2. The van der Waals surface area contributed by atoms with Crippen LogP contribution >= 0.6 is 17.0 Å². The molecule has 0 amide bonds. The first-order valence-corrected chi connectivity index (χ1v) is 7.71. The van der Waals surface area contributed by atoms with Crippen LogP contribution in [0.15, 0.2) is 12.1 Å². The first-order chi connectivity index (χ1) is 9.73. The van der Waals surface area contributed by atoms with Crippen molar-refractivity contribution in [3.05, 3.63) is 23.3 Å². The number of hydrogen-bond donors (Lipinski definition) is 0. The lowest BCUT2D eigenvalue weighted by Gasteiger charge is -2.27. The number of ether oxygens (including phenoxy) is 2. The van der Waals surface area contributed by atoms with Gasteiger partial charge in [-0.25, -0.2) is 0 Å². The molecule has 0 aliphatic heterocycles. The second-order valence-corrected chi connectivity index (χ2v) is 5.57. The molecule has 0 atom stereocenters. The van der Waals surface area contributed by atoms with Gasteiger partial charge in [-0.05, 0) is 62.0 Å². The van der Waals surface area contributed by atoms with E-state index < -0.39 is 0 Å². The Kier molecular flexibility index (Phi) is 7.53. The van der Waals surface area contributed by atoms with Gasteiger partial charge in [0.2, 0.25) is 0 Å². The molecule has 0 saturated carbocycles. The van der Waals surface area contributed by atoms with E-state index in [1.807, 2.05) is 0 Å². The maximum absolute atomic E-state index is 5.41. The molecule has 0 unspecified atom stereocenters. The lowest BCUT2D eigenvalue weighted by atomic mass is 10.1. The van der Waals surface area contributed by atoms with Crippen LogP contribution in [-0.4, -0.2) is 38.3 Å². The maximum atomic E-state index is 5.41. The van der Waals surface area contributed by atoms with Crippen molar-refractivity contribution in [1.29, 1.82) is 0 Å². The molecule has 0 spiro atoms. The summed E-state index contributed by atoms with van der Waals surface area (Å²) >= 11 is 0. The quantitative estimate of drug-likeness (QED) is 0.739. The third-order valence-corrected chi connectivity index (χ3v) is 4.15. The number of fused-ring (bicyclic) bond motifs is 1. The van der Waals surface area contributed by atoms with Crippen LogP contribution in [0.1, 0.15) is 37.8 Å². The van der Waals surface area contributed by atoms with Gasteiger partial charge >= 0.3 is 0 Å². The van der Waals surface area contributed by atoms with Crippen LogP contribution in [0.4, 0.5) is 0 Å². The standard InChI is InChI=1S/C17H27NO2.BrH/c1-5-7-18(8-6-2)15-9-13-11-16(19-3)17(20-4)12-14(13)10-15;/h11-12,15H,5-10H2,1-4H3;1H. The Morgan fingerprint density at radius 3 is 1.71 bits per heavy atom. The van der Waals surface area contributed by atoms with Gasteiger partial charge in [-0.3, -0.25) is 4.90 Å². The summed E-state index contributed by atoms with van der Waals surface area (Å²) in [5.41, 5.74) is 2.84. The largest absolute Gasteiger partial charge is 0.493 e. The van der Waals surface area contributed by atoms with Crippen LogP contribution in [0.5, 0.6) is 11.5 Å². The fourth-order valence-corrected chi connectivity index (χ4v) is 3.23. The van der Waals surface area contributed by atoms with Gasteiger partial charge in [0.25, 0.3) is 0 Å². The van der Waals surface area contributed by atoms with E-state index in [1.54, 1.807) is 14.2 Å². The van der Waals surface area contributed by atoms with E-state index in [1.165, 1.54) is 37.1 Å². The fraction of sp³-hybridized carbons (Fsp3) is 0.647. The minimum atomic E-state index is 0. The second-order valence-electron chi connectivity index (χ2n) is 5.57. The summed E-state index contributed by atoms with van der Waals surface area (Å²) in [5.74, 6) is 1.70. The molecule has 0 heterocycles. The molecular formula is C17H28BrNO2. The molecule has 1 aromatic rings. The summed E-state index contributed by atoms with van der Waals surface area (Å²) in [7, 11) is 3.41. The molecule has 1 aromatic carbocycles. The van der Waals surface area contributed by atoms with Crippen molar-refractivity contribution < 1.29 is 9.47 Å². The van der Waals surface area contributed by atoms with E-state index >= 15 is 0 Å². The van der Waals surface area contributed by atoms with Crippen molar-refractivity contribution >= 4 is 17.0 Å². The summed E-state index contributed by atoms with van der Waals surface area (Å²) < 4.78 is 10.8. The summed E-state index contributed by atoms with van der Waals surface area (Å²) in [5, 5.41) is 0. The average Bonchev–Trinajstić information content (AvgIpc) is 2.88. The Bertz CT molecular complexity index is 412. The molecule has 0 radical (unpaired) electrons. The van der Waals surface area contributed by atoms with Gasteiger partial charge in [0, 0.05) is 6.04 Å². The Labute approximate surface area is 139 Å². The van der Waals surface area contributed by atoms with E-state index in [2.05, 4.69) is 30.9 Å². The lowest BCUT2D eigenvalue weighted by Crippen LogP contribution is -2.37. The molecule has 120 valence electrons. The molecule has 21 heavy (non-hydrogen) atoms. The molecule has 0 N–H and O–H groups in total. The van der Waals surface area contributed by atoms with Gasteiger partial charge in [-0.1, -0.05) is 13.8 Å². The SMILES string of the molecule is Br.CCCN(CCC)C1Cc2cc(OC)c(OC)cc2C1. The van der Waals surface area contributed by atoms with Crippen LogP contribution in [-0.2, 0) is 12.8 Å². The lowest BCUT2D eigenvalue weighted by molar-refractivity contribution is 0.202. The van der Waals surface area contributed by atoms with E-state index in [-0.39, 0.29) is 17.0 Å². The number of benzene rings is 1. The van der Waals surface area contributed by atoms with Crippen LogP contribution < -0.4 is 9.47 Å². The molecular weight excluding hydrogens is 330 g/mol. The predicted octanol–water partition coefficient (Wildman–Crippen LogP) is 3.87. The van der Waals surface area contributed by atoms with Crippen molar-refractivity contribution in [2.45, 2.75) is 45.6 Å². The number of nitrogens with zero attached hydrogens (tertiary/aromatic N) is 1. The number of halogens is 1. The van der Waals surface area contributed by atoms with Crippen LogP contribution in [0.3, 0.4) is 0 Å². The van der Waals surface area contributed by atoms with Gasteiger partial charge in [0.1, 0.15) is 0 Å². The highest BCUT2D eigenvalue weighted by molar-refractivity contribution is 8.93. The van der Waals surface area contributed by atoms with Gasteiger partial charge in [-0.2, -0.15) is 0 Å². The van der Waals surface area contributed by atoms with E-state index in [0.717, 1.165) is 24.3 Å². The monoisotopic (exact) mass is 357 g/mol. The molecule has 2 rings (SSSR count). The average molecular weight is 358 g/mol. The molecule has 0 fully saturated rings. The maximum Gasteiger partial charge on any atom is 0.161 e. The molecule has 0 aromatic heterocycles. The van der Waals surface area contributed by atoms with E-state index in [0.29, 0.717) is 6.04 Å². The second kappa shape index (κ2) is 8.64. The Morgan fingerprint density at radius 2 is 1.38 bits per heavy atom. The third-order valence-electron chi connectivity index (χ3n) is 4.15. The van der Waals surface area contributed by atoms with Gasteiger partial charge in [0.15, 0.2) is 11.5 Å². The van der Waals surface area contributed by atoms with Crippen molar-refractivity contribution in [3.8, 4) is 11.5 Å². The first-order valence-electron chi connectivity index (χ1n) is 7.71. The molecule has 1 aliphatic rings. The van der Waals surface area contributed by atoms with Gasteiger partial charge < -0.3 is 9.47 Å². The number of rotatable bonds is 7. The summed E-state index contributed by atoms with van der Waals surface area (Å²) in [6.45, 7) is 6.91. The zero-order valence-electron chi connectivity index (χ0n) is 13.6. The van der Waals surface area contributed by atoms with Crippen molar-refractivity contribution in [3.63, 3.8) is 0 Å². The van der Waals surface area contributed by atoms with Crippen molar-refractivity contribution in [1.82, 2.24) is 4.90 Å². The fourth-order valence-electron chi connectivity index (χ4n) is 3.23. The smallest absolute Gasteiger partial charge is 0.161 e. The minimum absolute atomic E-state index is 0. The Morgan fingerprint density at radius 1 is 0.952 bits per heavy atom. The van der Waals surface area contributed by atoms with Crippen LogP contribution in [0.2, 0.25) is 0 Å². The Hall–Kier alpha value is -0.740. The zero-order valence-corrected chi connectivity index (χ0v) is 15.4. The normalized spacial score (nSPS) is 14.0. The molecule has 0 saturated heterocycles. The summed E-state index contributed by atoms with van der Waals surface area (Å²) in [4.78, 5) is 2.64. The first kappa shape index (κ1) is 18.3. The number of hydrogen-bond acceptors (Lipinski definition) is 3. The Balaban J connectivity index is 0.00000220. The van der Waals surface area contributed by atoms with Gasteiger partial charge in [-0.15, -0.1) is 17.0 Å². The summed E-state index contributed by atoms with van der Waals surface area (Å²) in [6, 6.07) is 4.95. The highest BCUT2D eigenvalue weighted by Gasteiger charge is 2.27. The molecule has 4 heteroatoms. The van der Waals surface area contributed by atoms with Crippen LogP contribution in [0, 0.1) is 0 Å². The third kappa shape index (κ3) is 4.13. The van der Waals surface area contributed by atoms with E-state index in [4.69, 9.17) is 9.47 Å². The topological polar surface area (TPSA) is 21.7 Å². The minimum Gasteiger partial charge on any atom is -0.493 e. The van der Waals surface area contributed by atoms with Crippen LogP contribution in [0.25, 0.3) is 0 Å². The van der Waals surface area contributed by atoms with Gasteiger partial charge in [0.05, 0.1) is 14.2 Å². The van der Waals surface area contributed by atoms with Crippen molar-refractivity contribution in [2.24, 2.45) is 0 Å². The highest BCUT2D eigenvalue weighted by Crippen LogP contribution is 2.36.